The van der Waals surface area contributed by atoms with Crippen molar-refractivity contribution in [3.8, 4) is 6.07 Å². The summed E-state index contributed by atoms with van der Waals surface area (Å²) >= 11 is 5.99. The van der Waals surface area contributed by atoms with Gasteiger partial charge in [0.15, 0.2) is 0 Å². The highest BCUT2D eigenvalue weighted by molar-refractivity contribution is 6.30. The van der Waals surface area contributed by atoms with Crippen LogP contribution in [-0.4, -0.2) is 6.04 Å². The largest absolute Gasteiger partial charge is 0.293 e. The van der Waals surface area contributed by atoms with Gasteiger partial charge >= 0.3 is 0 Å². The molecule has 0 fully saturated rings. The Labute approximate surface area is 108 Å². The molecule has 2 unspecified atom stereocenters. The van der Waals surface area contributed by atoms with Gasteiger partial charge in [-0.3, -0.25) is 5.32 Å². The first-order valence-corrected chi connectivity index (χ1v) is 6.47. The van der Waals surface area contributed by atoms with Crippen molar-refractivity contribution in [1.82, 2.24) is 5.32 Å². The molecule has 0 saturated heterocycles. The van der Waals surface area contributed by atoms with Gasteiger partial charge in [0.05, 0.1) is 6.07 Å². The van der Waals surface area contributed by atoms with Crippen molar-refractivity contribution in [3.05, 3.63) is 34.3 Å². The van der Waals surface area contributed by atoms with Crippen LogP contribution in [0, 0.1) is 11.3 Å². The van der Waals surface area contributed by atoms with Crippen LogP contribution in [0.5, 0.6) is 0 Å². The SMILES string of the molecule is CCC(C)NC1(C#N)CCc2cc(Cl)ccc21. The van der Waals surface area contributed by atoms with E-state index in [0.29, 0.717) is 6.04 Å². The summed E-state index contributed by atoms with van der Waals surface area (Å²) in [6.07, 6.45) is 2.78. The number of nitriles is 1. The zero-order valence-corrected chi connectivity index (χ0v) is 11.0. The van der Waals surface area contributed by atoms with E-state index < -0.39 is 5.54 Å². The fraction of sp³-hybridized carbons (Fsp3) is 0.500. The molecule has 2 nitrogen and oxygen atoms in total. The summed E-state index contributed by atoms with van der Waals surface area (Å²) in [4.78, 5) is 0. The third-order valence-electron chi connectivity index (χ3n) is 3.59. The van der Waals surface area contributed by atoms with E-state index in [-0.39, 0.29) is 0 Å². The molecule has 0 radical (unpaired) electrons. The van der Waals surface area contributed by atoms with E-state index in [9.17, 15) is 5.26 Å². The summed E-state index contributed by atoms with van der Waals surface area (Å²) in [6.45, 7) is 4.24. The molecule has 1 aromatic rings. The van der Waals surface area contributed by atoms with Gasteiger partial charge in [-0.25, -0.2) is 0 Å². The lowest BCUT2D eigenvalue weighted by molar-refractivity contribution is 0.366. The van der Waals surface area contributed by atoms with Crippen molar-refractivity contribution in [2.24, 2.45) is 0 Å². The number of benzene rings is 1. The highest BCUT2D eigenvalue weighted by Gasteiger charge is 2.39. The van der Waals surface area contributed by atoms with E-state index in [1.54, 1.807) is 0 Å². The Hall–Kier alpha value is -1.04. The number of hydrogen-bond donors (Lipinski definition) is 1. The van der Waals surface area contributed by atoms with E-state index >= 15 is 0 Å². The van der Waals surface area contributed by atoms with E-state index in [1.165, 1.54) is 5.56 Å². The number of aryl methyl sites for hydroxylation is 1. The molecular weight excluding hydrogens is 232 g/mol. The van der Waals surface area contributed by atoms with Gasteiger partial charge in [0.25, 0.3) is 0 Å². The predicted molar refractivity (Wildman–Crippen MR) is 70.0 cm³/mol. The standard InChI is InChI=1S/C14H17ClN2/c1-3-10(2)17-14(9-16)7-6-11-8-12(15)4-5-13(11)14/h4-5,8,10,17H,3,6-7H2,1-2H3. The molecule has 90 valence electrons. The fourth-order valence-corrected chi connectivity index (χ4v) is 2.66. The molecule has 0 amide bonds. The second-order valence-electron chi connectivity index (χ2n) is 4.77. The quantitative estimate of drug-likeness (QED) is 0.890. The Kier molecular flexibility index (Phi) is 3.42. The lowest BCUT2D eigenvalue weighted by atomic mass is 9.92. The van der Waals surface area contributed by atoms with Crippen LogP contribution in [0.15, 0.2) is 18.2 Å². The van der Waals surface area contributed by atoms with Gasteiger partial charge in [0.1, 0.15) is 5.54 Å². The van der Waals surface area contributed by atoms with E-state index in [2.05, 4.69) is 25.2 Å². The molecule has 0 aliphatic heterocycles. The monoisotopic (exact) mass is 248 g/mol. The van der Waals surface area contributed by atoms with E-state index in [0.717, 1.165) is 29.8 Å². The summed E-state index contributed by atoms with van der Waals surface area (Å²) in [7, 11) is 0. The summed E-state index contributed by atoms with van der Waals surface area (Å²) in [5, 5.41) is 13.7. The second kappa shape index (κ2) is 4.68. The van der Waals surface area contributed by atoms with Crippen molar-refractivity contribution in [1.29, 1.82) is 5.26 Å². The van der Waals surface area contributed by atoms with Gasteiger partial charge in [0, 0.05) is 11.1 Å². The highest BCUT2D eigenvalue weighted by Crippen LogP contribution is 2.38. The van der Waals surface area contributed by atoms with Crippen LogP contribution in [0.3, 0.4) is 0 Å². The number of fused-ring (bicyclic) bond motifs is 1. The smallest absolute Gasteiger partial charge is 0.133 e. The first-order chi connectivity index (χ1) is 8.11. The summed E-state index contributed by atoms with van der Waals surface area (Å²) < 4.78 is 0. The van der Waals surface area contributed by atoms with Gasteiger partial charge < -0.3 is 0 Å². The van der Waals surface area contributed by atoms with Crippen LogP contribution < -0.4 is 5.32 Å². The second-order valence-corrected chi connectivity index (χ2v) is 5.21. The molecule has 2 rings (SSSR count). The minimum absolute atomic E-state index is 0.344. The number of hydrogen-bond acceptors (Lipinski definition) is 2. The van der Waals surface area contributed by atoms with Crippen LogP contribution in [-0.2, 0) is 12.0 Å². The number of halogens is 1. The molecule has 3 heteroatoms. The fourth-order valence-electron chi connectivity index (χ4n) is 2.46. The predicted octanol–water partition coefficient (Wildman–Crippen LogP) is 3.39. The summed E-state index contributed by atoms with van der Waals surface area (Å²) in [5.41, 5.74) is 1.79. The van der Waals surface area contributed by atoms with Crippen molar-refractivity contribution < 1.29 is 0 Å². The molecule has 1 aliphatic carbocycles. The van der Waals surface area contributed by atoms with Crippen LogP contribution in [0.25, 0.3) is 0 Å². The molecule has 1 aliphatic rings. The lowest BCUT2D eigenvalue weighted by Crippen LogP contribution is -2.44. The number of nitrogens with zero attached hydrogens (tertiary/aromatic N) is 1. The normalized spacial score (nSPS) is 24.1. The molecule has 0 bridgehead atoms. The van der Waals surface area contributed by atoms with Crippen LogP contribution in [0.1, 0.15) is 37.8 Å². The van der Waals surface area contributed by atoms with Gasteiger partial charge in [-0.05, 0) is 49.4 Å². The Morgan fingerprint density at radius 3 is 3.00 bits per heavy atom. The van der Waals surface area contributed by atoms with Crippen LogP contribution in [0.2, 0.25) is 5.02 Å². The molecular formula is C14H17ClN2. The van der Waals surface area contributed by atoms with Crippen molar-refractivity contribution in [2.45, 2.75) is 44.7 Å². The molecule has 1 N–H and O–H groups in total. The van der Waals surface area contributed by atoms with Crippen molar-refractivity contribution >= 4 is 11.6 Å². The number of rotatable bonds is 3. The van der Waals surface area contributed by atoms with Crippen molar-refractivity contribution in [3.63, 3.8) is 0 Å². The maximum Gasteiger partial charge on any atom is 0.133 e. The van der Waals surface area contributed by atoms with Gasteiger partial charge in [0.2, 0.25) is 0 Å². The summed E-state index contributed by atoms with van der Waals surface area (Å²) in [5.74, 6) is 0. The zero-order valence-electron chi connectivity index (χ0n) is 10.3. The van der Waals surface area contributed by atoms with E-state index in [1.807, 2.05) is 18.2 Å². The zero-order chi connectivity index (χ0) is 12.5. The lowest BCUT2D eigenvalue weighted by Gasteiger charge is -2.27. The molecule has 1 aromatic carbocycles. The minimum Gasteiger partial charge on any atom is -0.293 e. The average molecular weight is 249 g/mol. The van der Waals surface area contributed by atoms with Gasteiger partial charge in [-0.1, -0.05) is 24.6 Å². The van der Waals surface area contributed by atoms with Crippen LogP contribution >= 0.6 is 11.6 Å². The van der Waals surface area contributed by atoms with Crippen LogP contribution in [0.4, 0.5) is 0 Å². The Bertz CT molecular complexity index is 464. The van der Waals surface area contributed by atoms with E-state index in [4.69, 9.17) is 11.6 Å². The Balaban J connectivity index is 2.38. The van der Waals surface area contributed by atoms with Gasteiger partial charge in [-0.15, -0.1) is 0 Å². The van der Waals surface area contributed by atoms with Crippen molar-refractivity contribution in [2.75, 3.05) is 0 Å². The maximum absolute atomic E-state index is 9.53. The molecule has 2 atom stereocenters. The molecule has 0 heterocycles. The molecule has 0 saturated carbocycles. The topological polar surface area (TPSA) is 35.8 Å². The molecule has 0 aromatic heterocycles. The third kappa shape index (κ3) is 2.18. The summed E-state index contributed by atoms with van der Waals surface area (Å²) in [6, 6.07) is 8.65. The Morgan fingerprint density at radius 2 is 2.35 bits per heavy atom. The minimum atomic E-state index is -0.519. The molecule has 0 spiro atoms. The average Bonchev–Trinajstić information content (AvgIpc) is 2.68. The number of nitrogens with one attached hydrogen (secondary N) is 1. The first-order valence-electron chi connectivity index (χ1n) is 6.09. The van der Waals surface area contributed by atoms with Gasteiger partial charge in [-0.2, -0.15) is 5.26 Å². The first kappa shape index (κ1) is 12.4. The third-order valence-corrected chi connectivity index (χ3v) is 3.83. The Morgan fingerprint density at radius 1 is 1.59 bits per heavy atom. The molecule has 17 heavy (non-hydrogen) atoms. The highest BCUT2D eigenvalue weighted by atomic mass is 35.5. The maximum atomic E-state index is 9.53.